The Labute approximate surface area is 116 Å². The van der Waals surface area contributed by atoms with Crippen LogP contribution in [0.2, 0.25) is 5.15 Å². The van der Waals surface area contributed by atoms with Crippen LogP contribution in [0, 0.1) is 19.7 Å². The maximum absolute atomic E-state index is 13.7. The van der Waals surface area contributed by atoms with Crippen molar-refractivity contribution in [1.82, 2.24) is 9.97 Å². The van der Waals surface area contributed by atoms with E-state index < -0.39 is 0 Å². The molecule has 0 atom stereocenters. The predicted molar refractivity (Wildman–Crippen MR) is 73.9 cm³/mol. The summed E-state index contributed by atoms with van der Waals surface area (Å²) in [5.74, 6) is 0.985. The number of aromatic nitrogens is 2. The Balaban J connectivity index is 2.14. The monoisotopic (exact) mass is 276 g/mol. The number of nitrogens with zero attached hydrogens (tertiary/aromatic N) is 2. The zero-order valence-corrected chi connectivity index (χ0v) is 11.6. The summed E-state index contributed by atoms with van der Waals surface area (Å²) < 4.78 is 13.7. The molecule has 0 aliphatic heterocycles. The summed E-state index contributed by atoms with van der Waals surface area (Å²) in [5, 5.41) is 0.466. The third-order valence-electron chi connectivity index (χ3n) is 3.49. The number of aryl methyl sites for hydroxylation is 1. The first-order valence-electron chi connectivity index (χ1n) is 6.37. The standard InChI is InChI=1S/C15H14ClFN2/c1-8-3-4-11(7-12(8)17)13-9(2)14(16)19-15(18-13)10-5-6-10/h3-4,7,10H,5-6H2,1-2H3. The Morgan fingerprint density at radius 3 is 2.58 bits per heavy atom. The van der Waals surface area contributed by atoms with Gasteiger partial charge in [-0.3, -0.25) is 0 Å². The van der Waals surface area contributed by atoms with Gasteiger partial charge < -0.3 is 0 Å². The molecule has 1 fully saturated rings. The molecule has 0 unspecified atom stereocenters. The van der Waals surface area contributed by atoms with Crippen LogP contribution in [-0.2, 0) is 0 Å². The molecular formula is C15H14ClFN2. The molecule has 1 aromatic heterocycles. The van der Waals surface area contributed by atoms with E-state index in [4.69, 9.17) is 11.6 Å². The summed E-state index contributed by atoms with van der Waals surface area (Å²) >= 11 is 6.17. The second kappa shape index (κ2) is 4.57. The van der Waals surface area contributed by atoms with E-state index in [1.807, 2.05) is 13.0 Å². The Morgan fingerprint density at radius 1 is 1.21 bits per heavy atom. The lowest BCUT2D eigenvalue weighted by molar-refractivity contribution is 0.619. The Hall–Kier alpha value is -1.48. The highest BCUT2D eigenvalue weighted by molar-refractivity contribution is 6.30. The Bertz CT molecular complexity index is 651. The molecule has 1 aromatic carbocycles. The zero-order chi connectivity index (χ0) is 13.6. The minimum absolute atomic E-state index is 0.223. The highest BCUT2D eigenvalue weighted by atomic mass is 35.5. The molecule has 0 amide bonds. The van der Waals surface area contributed by atoms with Crippen LogP contribution >= 0.6 is 11.6 Å². The largest absolute Gasteiger partial charge is 0.232 e. The molecule has 0 spiro atoms. The van der Waals surface area contributed by atoms with E-state index in [1.165, 1.54) is 6.07 Å². The van der Waals surface area contributed by atoms with Crippen molar-refractivity contribution in [2.75, 3.05) is 0 Å². The lowest BCUT2D eigenvalue weighted by Gasteiger charge is -2.10. The molecule has 1 aliphatic rings. The van der Waals surface area contributed by atoms with Gasteiger partial charge >= 0.3 is 0 Å². The summed E-state index contributed by atoms with van der Waals surface area (Å²) in [6.07, 6.45) is 2.22. The van der Waals surface area contributed by atoms with E-state index >= 15 is 0 Å². The topological polar surface area (TPSA) is 25.8 Å². The molecule has 4 heteroatoms. The average molecular weight is 277 g/mol. The van der Waals surface area contributed by atoms with E-state index in [-0.39, 0.29) is 5.82 Å². The third-order valence-corrected chi connectivity index (χ3v) is 3.86. The molecule has 98 valence electrons. The van der Waals surface area contributed by atoms with Gasteiger partial charge in [-0.2, -0.15) is 0 Å². The van der Waals surface area contributed by atoms with Gasteiger partial charge in [0.25, 0.3) is 0 Å². The van der Waals surface area contributed by atoms with E-state index in [0.29, 0.717) is 16.6 Å². The molecule has 2 nitrogen and oxygen atoms in total. The first-order valence-corrected chi connectivity index (χ1v) is 6.74. The van der Waals surface area contributed by atoms with Gasteiger partial charge in [-0.25, -0.2) is 14.4 Å². The molecule has 1 heterocycles. The number of hydrogen-bond donors (Lipinski definition) is 0. The first kappa shape index (κ1) is 12.5. The zero-order valence-electron chi connectivity index (χ0n) is 10.9. The second-order valence-corrected chi connectivity index (χ2v) is 5.44. The molecule has 3 rings (SSSR count). The van der Waals surface area contributed by atoms with Crippen LogP contribution in [-0.4, -0.2) is 9.97 Å². The van der Waals surface area contributed by atoms with Gasteiger partial charge in [0.15, 0.2) is 0 Å². The normalized spacial score (nSPS) is 14.7. The Morgan fingerprint density at radius 2 is 1.95 bits per heavy atom. The van der Waals surface area contributed by atoms with Crippen molar-refractivity contribution in [3.05, 3.63) is 46.1 Å². The molecular weight excluding hydrogens is 263 g/mol. The van der Waals surface area contributed by atoms with Crippen molar-refractivity contribution in [3.63, 3.8) is 0 Å². The van der Waals surface area contributed by atoms with Crippen LogP contribution in [0.15, 0.2) is 18.2 Å². The number of hydrogen-bond acceptors (Lipinski definition) is 2. The minimum Gasteiger partial charge on any atom is -0.232 e. The first-order chi connectivity index (χ1) is 9.06. The molecule has 19 heavy (non-hydrogen) atoms. The van der Waals surface area contributed by atoms with Crippen molar-refractivity contribution in [2.24, 2.45) is 0 Å². The maximum atomic E-state index is 13.7. The summed E-state index contributed by atoms with van der Waals surface area (Å²) in [6, 6.07) is 5.15. The van der Waals surface area contributed by atoms with E-state index in [1.54, 1.807) is 13.0 Å². The number of rotatable bonds is 2. The molecule has 0 saturated heterocycles. The lowest BCUT2D eigenvalue weighted by Crippen LogP contribution is -2.00. The van der Waals surface area contributed by atoms with Crippen molar-refractivity contribution < 1.29 is 4.39 Å². The highest BCUT2D eigenvalue weighted by Gasteiger charge is 2.28. The minimum atomic E-state index is -0.223. The van der Waals surface area contributed by atoms with Crippen LogP contribution in [0.3, 0.4) is 0 Å². The summed E-state index contributed by atoms with van der Waals surface area (Å²) in [5.41, 5.74) is 2.92. The van der Waals surface area contributed by atoms with Crippen LogP contribution in [0.1, 0.15) is 35.7 Å². The lowest BCUT2D eigenvalue weighted by atomic mass is 10.1. The fourth-order valence-corrected chi connectivity index (χ4v) is 2.23. The molecule has 2 aromatic rings. The molecule has 0 bridgehead atoms. The quantitative estimate of drug-likeness (QED) is 0.758. The SMILES string of the molecule is Cc1ccc(-c2nc(C3CC3)nc(Cl)c2C)cc1F. The number of halogens is 2. The number of benzene rings is 1. The maximum Gasteiger partial charge on any atom is 0.136 e. The van der Waals surface area contributed by atoms with Crippen LogP contribution in [0.5, 0.6) is 0 Å². The highest BCUT2D eigenvalue weighted by Crippen LogP contribution is 2.40. The van der Waals surface area contributed by atoms with Gasteiger partial charge in [-0.05, 0) is 38.3 Å². The molecule has 0 N–H and O–H groups in total. The Kier molecular flexibility index (Phi) is 3.02. The van der Waals surface area contributed by atoms with Crippen LogP contribution in [0.25, 0.3) is 11.3 Å². The van der Waals surface area contributed by atoms with Crippen molar-refractivity contribution in [3.8, 4) is 11.3 Å². The van der Waals surface area contributed by atoms with Crippen LogP contribution < -0.4 is 0 Å². The van der Waals surface area contributed by atoms with Gasteiger partial charge in [-0.1, -0.05) is 23.7 Å². The van der Waals surface area contributed by atoms with Gasteiger partial charge in [0, 0.05) is 17.0 Å². The average Bonchev–Trinajstić information content (AvgIpc) is 3.20. The van der Waals surface area contributed by atoms with Crippen LogP contribution in [0.4, 0.5) is 4.39 Å². The van der Waals surface area contributed by atoms with Gasteiger partial charge in [0.2, 0.25) is 0 Å². The van der Waals surface area contributed by atoms with Gasteiger partial charge in [0.05, 0.1) is 5.69 Å². The molecule has 0 radical (unpaired) electrons. The van der Waals surface area contributed by atoms with Crippen molar-refractivity contribution in [2.45, 2.75) is 32.6 Å². The summed E-state index contributed by atoms with van der Waals surface area (Å²) in [6.45, 7) is 3.61. The third kappa shape index (κ3) is 2.35. The fourth-order valence-electron chi connectivity index (χ4n) is 2.05. The fraction of sp³-hybridized carbons (Fsp3) is 0.333. The molecule has 1 aliphatic carbocycles. The summed E-state index contributed by atoms with van der Waals surface area (Å²) in [7, 11) is 0. The van der Waals surface area contributed by atoms with Crippen molar-refractivity contribution >= 4 is 11.6 Å². The second-order valence-electron chi connectivity index (χ2n) is 5.08. The van der Waals surface area contributed by atoms with Gasteiger partial charge in [-0.15, -0.1) is 0 Å². The van der Waals surface area contributed by atoms with E-state index in [2.05, 4.69) is 9.97 Å². The smallest absolute Gasteiger partial charge is 0.136 e. The van der Waals surface area contributed by atoms with E-state index in [9.17, 15) is 4.39 Å². The predicted octanol–water partition coefficient (Wildman–Crippen LogP) is 4.43. The summed E-state index contributed by atoms with van der Waals surface area (Å²) in [4.78, 5) is 8.90. The van der Waals surface area contributed by atoms with Crippen molar-refractivity contribution in [1.29, 1.82) is 0 Å². The van der Waals surface area contributed by atoms with E-state index in [0.717, 1.165) is 35.5 Å². The molecule has 1 saturated carbocycles. The van der Waals surface area contributed by atoms with Gasteiger partial charge in [0.1, 0.15) is 16.8 Å².